The van der Waals surface area contributed by atoms with Crippen LogP contribution in [0.3, 0.4) is 0 Å². The number of H-pyrrole nitrogens is 2. The molecule has 32 heavy (non-hydrogen) atoms. The minimum absolute atomic E-state index is 0.155. The average molecular weight is 473 g/mol. The molecule has 0 spiro atoms. The maximum Gasteiger partial charge on any atom is 0.225 e. The van der Waals surface area contributed by atoms with Crippen LogP contribution in [0, 0.1) is 0 Å². The molecule has 0 radical (unpaired) electrons. The lowest BCUT2D eigenvalue weighted by Crippen LogP contribution is -2.58. The van der Waals surface area contributed by atoms with Crippen molar-refractivity contribution in [2.24, 2.45) is 0 Å². The molecule has 5 heteroatoms. The Bertz CT molecular complexity index is 787. The van der Waals surface area contributed by atoms with Crippen LogP contribution < -0.4 is 10.4 Å². The lowest BCUT2D eigenvalue weighted by Gasteiger charge is -2.44. The van der Waals surface area contributed by atoms with E-state index in [0.717, 1.165) is 11.4 Å². The summed E-state index contributed by atoms with van der Waals surface area (Å²) < 4.78 is 0. The van der Waals surface area contributed by atoms with Gasteiger partial charge in [0.05, 0.1) is 27.5 Å². The van der Waals surface area contributed by atoms with Crippen LogP contribution in [0.4, 0.5) is 0 Å². The first-order valence-electron chi connectivity index (χ1n) is 12.7. The zero-order valence-corrected chi connectivity index (χ0v) is 24.7. The molecule has 0 aliphatic heterocycles. The van der Waals surface area contributed by atoms with Crippen LogP contribution in [0.25, 0.3) is 0 Å². The molecule has 3 nitrogen and oxygen atoms in total. The molecule has 0 unspecified atom stereocenters. The highest BCUT2D eigenvalue weighted by molar-refractivity contribution is 6.96. The molecule has 2 aromatic rings. The Morgan fingerprint density at radius 1 is 0.562 bits per heavy atom. The number of nitrogens with one attached hydrogen (secondary N) is 2. The maximum atomic E-state index is 14.2. The third-order valence-electron chi connectivity index (χ3n) is 8.61. The van der Waals surface area contributed by atoms with Gasteiger partial charge in [0.25, 0.3) is 0 Å². The number of aromatic nitrogens is 2. The van der Waals surface area contributed by atoms with Crippen molar-refractivity contribution >= 4 is 32.3 Å². The maximum absolute atomic E-state index is 14.2. The second-order valence-electron chi connectivity index (χ2n) is 11.7. The summed E-state index contributed by atoms with van der Waals surface area (Å²) in [5.41, 5.74) is 5.01. The third-order valence-corrected chi connectivity index (χ3v) is 22.8. The lowest BCUT2D eigenvalue weighted by molar-refractivity contribution is 0.103. The zero-order chi connectivity index (χ0) is 24.6. The normalized spacial score (nSPS) is 13.6. The van der Waals surface area contributed by atoms with Crippen molar-refractivity contribution in [3.8, 4) is 0 Å². The van der Waals surface area contributed by atoms with E-state index in [1.54, 1.807) is 0 Å². The van der Waals surface area contributed by atoms with Crippen molar-refractivity contribution < 1.29 is 4.79 Å². The molecule has 0 atom stereocenters. The molecular weight excluding hydrogens is 424 g/mol. The largest absolute Gasteiger partial charge is 0.359 e. The van der Waals surface area contributed by atoms with Crippen LogP contribution in [0.15, 0.2) is 24.5 Å². The van der Waals surface area contributed by atoms with Gasteiger partial charge in [0.2, 0.25) is 5.78 Å². The van der Waals surface area contributed by atoms with Crippen molar-refractivity contribution in [1.29, 1.82) is 0 Å². The Hall–Kier alpha value is -1.34. The molecule has 0 saturated heterocycles. The zero-order valence-electron chi connectivity index (χ0n) is 22.7. The molecule has 0 saturated carbocycles. The van der Waals surface area contributed by atoms with E-state index in [0.29, 0.717) is 33.2 Å². The summed E-state index contributed by atoms with van der Waals surface area (Å²) in [5.74, 6) is 0.155. The highest BCUT2D eigenvalue weighted by atomic mass is 28.3. The molecule has 2 aromatic heterocycles. The van der Waals surface area contributed by atoms with E-state index in [2.05, 4.69) is 105 Å². The number of rotatable bonds is 10. The molecule has 180 valence electrons. The van der Waals surface area contributed by atoms with Gasteiger partial charge in [-0.05, 0) is 55.8 Å². The van der Waals surface area contributed by atoms with Gasteiger partial charge in [-0.25, -0.2) is 0 Å². The molecular formula is C27H48N2OSi2. The van der Waals surface area contributed by atoms with Gasteiger partial charge in [-0.3, -0.25) is 4.79 Å². The van der Waals surface area contributed by atoms with Gasteiger partial charge < -0.3 is 9.97 Å². The Balaban J connectivity index is 2.76. The van der Waals surface area contributed by atoms with E-state index >= 15 is 0 Å². The van der Waals surface area contributed by atoms with Gasteiger partial charge in [-0.1, -0.05) is 83.1 Å². The second-order valence-corrected chi connectivity index (χ2v) is 23.4. The summed E-state index contributed by atoms with van der Waals surface area (Å²) >= 11 is 0. The van der Waals surface area contributed by atoms with Crippen LogP contribution in [-0.4, -0.2) is 31.9 Å². The van der Waals surface area contributed by atoms with Crippen LogP contribution >= 0.6 is 0 Å². The molecule has 0 bridgehead atoms. The number of hydrogen-bond donors (Lipinski definition) is 2. The van der Waals surface area contributed by atoms with Gasteiger partial charge in [0.1, 0.15) is 0 Å². The number of carbonyl (C=O) groups excluding carboxylic acids is 1. The first-order valence-corrected chi connectivity index (χ1v) is 17.1. The first-order chi connectivity index (χ1) is 14.8. The van der Waals surface area contributed by atoms with Crippen molar-refractivity contribution in [3.63, 3.8) is 0 Å². The van der Waals surface area contributed by atoms with Crippen LogP contribution in [-0.2, 0) is 0 Å². The minimum Gasteiger partial charge on any atom is -0.359 e. The molecule has 0 amide bonds. The van der Waals surface area contributed by atoms with E-state index in [-0.39, 0.29) is 5.78 Å². The van der Waals surface area contributed by atoms with Crippen molar-refractivity contribution in [3.05, 3.63) is 35.9 Å². The van der Waals surface area contributed by atoms with Crippen molar-refractivity contribution in [2.75, 3.05) is 0 Å². The summed E-state index contributed by atoms with van der Waals surface area (Å²) in [6.07, 6.45) is 4.00. The summed E-state index contributed by atoms with van der Waals surface area (Å²) in [7, 11) is -3.91. The Labute approximate surface area is 199 Å². The summed E-state index contributed by atoms with van der Waals surface area (Å²) in [5, 5.41) is 2.63. The first kappa shape index (κ1) is 26.9. The molecule has 2 N–H and O–H groups in total. The summed E-state index contributed by atoms with van der Waals surface area (Å²) in [6.45, 7) is 28.4. The van der Waals surface area contributed by atoms with Crippen LogP contribution in [0.2, 0.25) is 33.2 Å². The third kappa shape index (κ3) is 3.93. The molecule has 2 heterocycles. The molecule has 0 fully saturated rings. The van der Waals surface area contributed by atoms with E-state index in [1.165, 1.54) is 10.4 Å². The number of aromatic amines is 2. The van der Waals surface area contributed by atoms with Crippen molar-refractivity contribution in [1.82, 2.24) is 9.97 Å². The highest BCUT2D eigenvalue weighted by Gasteiger charge is 2.49. The quantitative estimate of drug-likeness (QED) is 0.276. The molecule has 0 aliphatic carbocycles. The van der Waals surface area contributed by atoms with Gasteiger partial charge in [-0.15, -0.1) is 0 Å². The topological polar surface area (TPSA) is 48.6 Å². The highest BCUT2D eigenvalue weighted by Crippen LogP contribution is 2.43. The van der Waals surface area contributed by atoms with E-state index in [4.69, 9.17) is 0 Å². The fraction of sp³-hybridized carbons (Fsp3) is 0.667. The van der Waals surface area contributed by atoms with Gasteiger partial charge in [-0.2, -0.15) is 0 Å². The smallest absolute Gasteiger partial charge is 0.225 e. The minimum atomic E-state index is -1.95. The average Bonchev–Trinajstić information content (AvgIpc) is 3.30. The monoisotopic (exact) mass is 472 g/mol. The van der Waals surface area contributed by atoms with E-state index in [9.17, 15) is 4.79 Å². The number of carbonyl (C=O) groups is 1. The van der Waals surface area contributed by atoms with Crippen LogP contribution in [0.5, 0.6) is 0 Å². The predicted molar refractivity (Wildman–Crippen MR) is 146 cm³/mol. The van der Waals surface area contributed by atoms with Gasteiger partial charge in [0, 0.05) is 12.4 Å². The van der Waals surface area contributed by atoms with E-state index in [1.807, 2.05) is 12.4 Å². The second kappa shape index (κ2) is 9.88. The van der Waals surface area contributed by atoms with Gasteiger partial charge in [0.15, 0.2) is 0 Å². The Morgan fingerprint density at radius 3 is 1.03 bits per heavy atom. The summed E-state index contributed by atoms with van der Waals surface area (Å²) in [6, 6.07) is 4.44. The fourth-order valence-electron chi connectivity index (χ4n) is 7.83. The standard InChI is InChI=1S/C27H48N2OSi2/c1-17(2)31(18(3)4,19(5)6)23-13-15-28-25(23)27(30)26-24(14-16-29-26)32(20(7)8,21(9)10)22(11)12/h13-22,28-29H,1-12H3. The molecule has 2 rings (SSSR count). The number of hydrogen-bond acceptors (Lipinski definition) is 1. The fourth-order valence-corrected chi connectivity index (χ4v) is 21.5. The Morgan fingerprint density at radius 2 is 0.812 bits per heavy atom. The summed E-state index contributed by atoms with van der Waals surface area (Å²) in [4.78, 5) is 21.0. The Kier molecular flexibility index (Phi) is 8.31. The van der Waals surface area contributed by atoms with Crippen molar-refractivity contribution in [2.45, 2.75) is 116 Å². The van der Waals surface area contributed by atoms with Crippen LogP contribution in [0.1, 0.15) is 99.3 Å². The molecule has 0 aromatic carbocycles. The van der Waals surface area contributed by atoms with E-state index < -0.39 is 16.1 Å². The van der Waals surface area contributed by atoms with Gasteiger partial charge >= 0.3 is 0 Å². The predicted octanol–water partition coefficient (Wildman–Crippen LogP) is 7.35. The number of ketones is 1. The lowest BCUT2D eigenvalue weighted by atomic mass is 10.2. The molecule has 0 aliphatic rings. The SMILES string of the molecule is CC(C)[Si](c1cc[nH]c1C(=O)c1[nH]ccc1[Si](C(C)C)(C(C)C)C(C)C)(C(C)C)C(C)C.